The standard InChI is InChI=1S/C11H15N3O4/c1-6(16)9-14-3-2-8(12)13-10(14)18-11(17-9)4-7(11)5-15/h2-3,6-7,9,12,15-16H,4-5H2,1H3. The highest BCUT2D eigenvalue weighted by atomic mass is 16.7. The lowest BCUT2D eigenvalue weighted by Crippen LogP contribution is -2.42. The number of ether oxygens (including phenoxy) is 2. The molecule has 0 aromatic carbocycles. The van der Waals surface area contributed by atoms with E-state index in [-0.39, 0.29) is 24.0 Å². The first-order chi connectivity index (χ1) is 8.55. The van der Waals surface area contributed by atoms with Crippen LogP contribution in [0.1, 0.15) is 19.6 Å². The highest BCUT2D eigenvalue weighted by Crippen LogP contribution is 2.52. The lowest BCUT2D eigenvalue weighted by molar-refractivity contribution is -0.237. The van der Waals surface area contributed by atoms with Crippen LogP contribution in [0.4, 0.5) is 0 Å². The fraction of sp³-hybridized carbons (Fsp3) is 0.636. The Morgan fingerprint density at radius 2 is 2.50 bits per heavy atom. The van der Waals surface area contributed by atoms with Crippen LogP contribution in [0.3, 0.4) is 0 Å². The zero-order chi connectivity index (χ0) is 12.9. The third-order valence-corrected chi connectivity index (χ3v) is 3.31. The molecule has 1 aromatic heterocycles. The van der Waals surface area contributed by atoms with E-state index >= 15 is 0 Å². The van der Waals surface area contributed by atoms with Crippen molar-refractivity contribution >= 4 is 0 Å². The first-order valence-corrected chi connectivity index (χ1v) is 5.85. The van der Waals surface area contributed by atoms with Gasteiger partial charge in [0.2, 0.25) is 5.79 Å². The average molecular weight is 253 g/mol. The minimum atomic E-state index is -0.892. The normalized spacial score (nSPS) is 34.8. The van der Waals surface area contributed by atoms with Crippen molar-refractivity contribution in [2.45, 2.75) is 31.5 Å². The Balaban J connectivity index is 2.02. The maximum Gasteiger partial charge on any atom is 0.303 e. The van der Waals surface area contributed by atoms with Crippen molar-refractivity contribution < 1.29 is 19.7 Å². The number of nitrogens with one attached hydrogen (secondary N) is 1. The second-order valence-electron chi connectivity index (χ2n) is 4.75. The van der Waals surface area contributed by atoms with Crippen LogP contribution in [0.25, 0.3) is 0 Å². The van der Waals surface area contributed by atoms with Crippen LogP contribution in [-0.4, -0.2) is 38.3 Å². The molecule has 98 valence electrons. The summed E-state index contributed by atoms with van der Waals surface area (Å²) in [5.74, 6) is -0.999. The highest BCUT2D eigenvalue weighted by Gasteiger charge is 2.62. The quantitative estimate of drug-likeness (QED) is 0.651. The van der Waals surface area contributed by atoms with E-state index in [1.807, 2.05) is 0 Å². The molecule has 3 N–H and O–H groups in total. The summed E-state index contributed by atoms with van der Waals surface area (Å²) >= 11 is 0. The molecule has 1 fully saturated rings. The molecule has 2 heterocycles. The van der Waals surface area contributed by atoms with Crippen LogP contribution in [0.2, 0.25) is 0 Å². The van der Waals surface area contributed by atoms with E-state index < -0.39 is 18.1 Å². The third kappa shape index (κ3) is 1.63. The van der Waals surface area contributed by atoms with Gasteiger partial charge in [0.1, 0.15) is 0 Å². The maximum absolute atomic E-state index is 9.77. The molecule has 18 heavy (non-hydrogen) atoms. The summed E-state index contributed by atoms with van der Waals surface area (Å²) in [6.07, 6.45) is 0.813. The summed E-state index contributed by atoms with van der Waals surface area (Å²) in [6, 6.07) is 1.75. The minimum Gasteiger partial charge on any atom is -0.431 e. The molecule has 1 aliphatic heterocycles. The number of aromatic nitrogens is 2. The minimum absolute atomic E-state index is 0.0346. The number of fused-ring (bicyclic) bond motifs is 1. The van der Waals surface area contributed by atoms with Gasteiger partial charge in [0.15, 0.2) is 11.7 Å². The Hall–Kier alpha value is -1.44. The van der Waals surface area contributed by atoms with Crippen LogP contribution < -0.4 is 10.2 Å². The number of hydrogen-bond donors (Lipinski definition) is 3. The molecule has 0 saturated heterocycles. The maximum atomic E-state index is 9.77. The van der Waals surface area contributed by atoms with Crippen LogP contribution in [0, 0.1) is 11.3 Å². The Bertz CT molecular complexity index is 529. The SMILES string of the molecule is CC(O)C1OC2(CC2CO)Oc2nc(=N)ccn21. The fourth-order valence-corrected chi connectivity index (χ4v) is 2.21. The van der Waals surface area contributed by atoms with E-state index in [0.29, 0.717) is 6.42 Å². The molecule has 4 unspecified atom stereocenters. The highest BCUT2D eigenvalue weighted by molar-refractivity contribution is 5.11. The van der Waals surface area contributed by atoms with Crippen molar-refractivity contribution in [1.82, 2.24) is 9.55 Å². The van der Waals surface area contributed by atoms with E-state index in [4.69, 9.17) is 20.0 Å². The van der Waals surface area contributed by atoms with E-state index in [9.17, 15) is 5.11 Å². The molecule has 1 spiro atoms. The third-order valence-electron chi connectivity index (χ3n) is 3.31. The number of nitrogens with zero attached hydrogens (tertiary/aromatic N) is 2. The van der Waals surface area contributed by atoms with Crippen LogP contribution in [0.15, 0.2) is 12.3 Å². The van der Waals surface area contributed by atoms with Crippen LogP contribution in [-0.2, 0) is 4.74 Å². The predicted octanol–water partition coefficient (Wildman–Crippen LogP) is -0.641. The van der Waals surface area contributed by atoms with Gasteiger partial charge in [-0.2, -0.15) is 4.98 Å². The van der Waals surface area contributed by atoms with Crippen molar-refractivity contribution in [3.8, 4) is 6.01 Å². The van der Waals surface area contributed by atoms with Gasteiger partial charge < -0.3 is 19.7 Å². The summed E-state index contributed by atoms with van der Waals surface area (Å²) in [5, 5.41) is 26.4. The summed E-state index contributed by atoms with van der Waals surface area (Å²) in [4.78, 5) is 3.99. The van der Waals surface area contributed by atoms with Gasteiger partial charge in [0.05, 0.1) is 18.6 Å². The zero-order valence-electron chi connectivity index (χ0n) is 9.91. The van der Waals surface area contributed by atoms with Crippen molar-refractivity contribution in [3.05, 3.63) is 17.8 Å². The number of aliphatic hydroxyl groups excluding tert-OH is 2. The molecular formula is C11H15N3O4. The Labute approximate surface area is 103 Å². The monoisotopic (exact) mass is 253 g/mol. The van der Waals surface area contributed by atoms with E-state index in [1.165, 1.54) is 6.07 Å². The molecule has 4 atom stereocenters. The lowest BCUT2D eigenvalue weighted by Gasteiger charge is -2.35. The topological polar surface area (TPSA) is 101 Å². The van der Waals surface area contributed by atoms with Crippen molar-refractivity contribution in [2.24, 2.45) is 5.92 Å². The fourth-order valence-electron chi connectivity index (χ4n) is 2.21. The van der Waals surface area contributed by atoms with E-state index in [2.05, 4.69) is 4.98 Å². The van der Waals surface area contributed by atoms with Gasteiger partial charge in [-0.15, -0.1) is 0 Å². The molecule has 0 bridgehead atoms. The summed E-state index contributed by atoms with van der Waals surface area (Å²) < 4.78 is 12.9. The molecule has 7 nitrogen and oxygen atoms in total. The molecule has 1 aromatic rings. The first kappa shape index (κ1) is 11.6. The van der Waals surface area contributed by atoms with Gasteiger partial charge in [0.25, 0.3) is 0 Å². The Kier molecular flexibility index (Phi) is 2.44. The molecule has 0 amide bonds. The Morgan fingerprint density at radius 3 is 3.11 bits per heavy atom. The summed E-state index contributed by atoms with van der Waals surface area (Å²) in [5.41, 5.74) is 0.0869. The largest absolute Gasteiger partial charge is 0.431 e. The molecule has 1 aliphatic carbocycles. The second kappa shape index (κ2) is 3.78. The zero-order valence-corrected chi connectivity index (χ0v) is 9.91. The van der Waals surface area contributed by atoms with Gasteiger partial charge in [0, 0.05) is 12.6 Å². The van der Waals surface area contributed by atoms with E-state index in [0.717, 1.165) is 0 Å². The van der Waals surface area contributed by atoms with Crippen LogP contribution >= 0.6 is 0 Å². The average Bonchev–Trinajstić information content (AvgIpc) is 3.00. The van der Waals surface area contributed by atoms with Crippen molar-refractivity contribution in [3.63, 3.8) is 0 Å². The smallest absolute Gasteiger partial charge is 0.303 e. The van der Waals surface area contributed by atoms with Gasteiger partial charge >= 0.3 is 6.01 Å². The van der Waals surface area contributed by atoms with Gasteiger partial charge in [-0.05, 0) is 13.0 Å². The number of aliphatic hydroxyl groups is 2. The second-order valence-corrected chi connectivity index (χ2v) is 4.75. The molecule has 3 rings (SSSR count). The van der Waals surface area contributed by atoms with Gasteiger partial charge in [-0.25, -0.2) is 0 Å². The Morgan fingerprint density at radius 1 is 1.72 bits per heavy atom. The summed E-state index contributed by atoms with van der Waals surface area (Å²) in [7, 11) is 0. The van der Waals surface area contributed by atoms with Crippen molar-refractivity contribution in [1.29, 1.82) is 5.41 Å². The number of rotatable bonds is 2. The molecular weight excluding hydrogens is 238 g/mol. The predicted molar refractivity (Wildman–Crippen MR) is 58.4 cm³/mol. The molecule has 7 heteroatoms. The van der Waals surface area contributed by atoms with Crippen LogP contribution in [0.5, 0.6) is 6.01 Å². The van der Waals surface area contributed by atoms with Gasteiger partial charge in [-0.1, -0.05) is 0 Å². The lowest BCUT2D eigenvalue weighted by atomic mass is 10.3. The molecule has 0 radical (unpaired) electrons. The van der Waals surface area contributed by atoms with Gasteiger partial charge in [-0.3, -0.25) is 9.98 Å². The first-order valence-electron chi connectivity index (χ1n) is 5.85. The number of hydrogen-bond acceptors (Lipinski definition) is 6. The molecule has 2 aliphatic rings. The van der Waals surface area contributed by atoms with Crippen molar-refractivity contribution in [2.75, 3.05) is 6.61 Å². The van der Waals surface area contributed by atoms with E-state index in [1.54, 1.807) is 17.7 Å². The summed E-state index contributed by atoms with van der Waals surface area (Å²) in [6.45, 7) is 1.58. The molecule has 1 saturated carbocycles.